The van der Waals surface area contributed by atoms with Crippen LogP contribution >= 0.6 is 11.8 Å². The van der Waals surface area contributed by atoms with E-state index in [-0.39, 0.29) is 34.5 Å². The average Bonchev–Trinajstić information content (AvgIpc) is 2.75. The van der Waals surface area contributed by atoms with Gasteiger partial charge in [0.25, 0.3) is 10.0 Å². The number of carbonyl (C=O) groups excluding carboxylic acids is 1. The van der Waals surface area contributed by atoms with Gasteiger partial charge in [0.2, 0.25) is 5.91 Å². The molecule has 0 bridgehead atoms. The van der Waals surface area contributed by atoms with E-state index in [4.69, 9.17) is 4.74 Å². The average molecular weight is 479 g/mol. The molecule has 0 fully saturated rings. The lowest BCUT2D eigenvalue weighted by atomic mass is 10.2. The zero-order valence-electron chi connectivity index (χ0n) is 17.0. The molecule has 32 heavy (non-hydrogen) atoms. The molecular weight excluding hydrogens is 458 g/mol. The quantitative estimate of drug-likeness (QED) is 0.428. The van der Waals surface area contributed by atoms with Crippen LogP contribution in [-0.4, -0.2) is 27.2 Å². The number of nitrogens with one attached hydrogen (secondary N) is 2. The first kappa shape index (κ1) is 23.6. The lowest BCUT2D eigenvalue weighted by Crippen LogP contribution is -2.15. The summed E-state index contributed by atoms with van der Waals surface area (Å²) < 4.78 is 58.9. The molecule has 0 saturated heterocycles. The SMILES string of the molecule is COc1ccc(NC(=O)CCSc2ccc(F)cc2)cc1NS(=O)(=O)c1ccc(F)cc1. The normalized spacial score (nSPS) is 11.1. The van der Waals surface area contributed by atoms with E-state index in [1.807, 2.05) is 0 Å². The molecule has 3 rings (SSSR count). The van der Waals surface area contributed by atoms with Crippen LogP contribution in [0.1, 0.15) is 6.42 Å². The number of halogens is 2. The Kier molecular flexibility index (Phi) is 7.70. The summed E-state index contributed by atoms with van der Waals surface area (Å²) in [5, 5.41) is 2.71. The number of sulfonamides is 1. The molecule has 0 aliphatic carbocycles. The first-order valence-corrected chi connectivity index (χ1v) is 11.9. The van der Waals surface area contributed by atoms with Crippen LogP contribution < -0.4 is 14.8 Å². The van der Waals surface area contributed by atoms with Gasteiger partial charge in [0.15, 0.2) is 0 Å². The van der Waals surface area contributed by atoms with Gasteiger partial charge in [-0.15, -0.1) is 11.8 Å². The topological polar surface area (TPSA) is 84.5 Å². The van der Waals surface area contributed by atoms with Gasteiger partial charge in [0.05, 0.1) is 17.7 Å². The molecule has 3 aromatic carbocycles. The monoisotopic (exact) mass is 478 g/mol. The van der Waals surface area contributed by atoms with Crippen molar-refractivity contribution in [3.05, 3.63) is 78.4 Å². The fourth-order valence-electron chi connectivity index (χ4n) is 2.70. The van der Waals surface area contributed by atoms with Crippen LogP contribution in [-0.2, 0) is 14.8 Å². The zero-order chi connectivity index (χ0) is 23.1. The second kappa shape index (κ2) is 10.5. The largest absolute Gasteiger partial charge is 0.495 e. The predicted octanol–water partition coefficient (Wildman–Crippen LogP) is 4.90. The molecule has 0 radical (unpaired) electrons. The van der Waals surface area contributed by atoms with E-state index < -0.39 is 15.8 Å². The van der Waals surface area contributed by atoms with E-state index in [0.29, 0.717) is 11.4 Å². The second-order valence-electron chi connectivity index (χ2n) is 6.58. The fourth-order valence-corrected chi connectivity index (χ4v) is 4.61. The number of rotatable bonds is 9. The van der Waals surface area contributed by atoms with Gasteiger partial charge in [-0.1, -0.05) is 0 Å². The molecule has 168 valence electrons. The molecule has 0 aliphatic rings. The van der Waals surface area contributed by atoms with E-state index in [1.165, 1.54) is 43.1 Å². The van der Waals surface area contributed by atoms with Crippen molar-refractivity contribution < 1.29 is 26.7 Å². The molecular formula is C22H20F2N2O4S2. The third-order valence-electron chi connectivity index (χ3n) is 4.26. The highest BCUT2D eigenvalue weighted by Crippen LogP contribution is 2.30. The van der Waals surface area contributed by atoms with Crippen molar-refractivity contribution in [2.45, 2.75) is 16.2 Å². The summed E-state index contributed by atoms with van der Waals surface area (Å²) in [6.07, 6.45) is 0.199. The van der Waals surface area contributed by atoms with Gasteiger partial charge in [0.1, 0.15) is 17.4 Å². The van der Waals surface area contributed by atoms with Gasteiger partial charge < -0.3 is 10.1 Å². The molecule has 0 saturated carbocycles. The second-order valence-corrected chi connectivity index (χ2v) is 9.43. The van der Waals surface area contributed by atoms with Crippen molar-refractivity contribution in [1.29, 1.82) is 0 Å². The van der Waals surface area contributed by atoms with E-state index in [0.717, 1.165) is 29.2 Å². The molecule has 1 amide bonds. The molecule has 2 N–H and O–H groups in total. The van der Waals surface area contributed by atoms with Gasteiger partial charge in [-0.25, -0.2) is 17.2 Å². The summed E-state index contributed by atoms with van der Waals surface area (Å²) in [5.74, 6) is -0.406. The summed E-state index contributed by atoms with van der Waals surface area (Å²) in [6.45, 7) is 0. The van der Waals surface area contributed by atoms with E-state index in [9.17, 15) is 22.0 Å². The Morgan fingerprint density at radius 2 is 1.59 bits per heavy atom. The number of thioether (sulfide) groups is 1. The summed E-state index contributed by atoms with van der Waals surface area (Å²) in [5.41, 5.74) is 0.495. The minimum Gasteiger partial charge on any atom is -0.495 e. The van der Waals surface area contributed by atoms with Gasteiger partial charge >= 0.3 is 0 Å². The smallest absolute Gasteiger partial charge is 0.262 e. The van der Waals surface area contributed by atoms with Crippen LogP contribution in [0.25, 0.3) is 0 Å². The van der Waals surface area contributed by atoms with Crippen molar-refractivity contribution in [1.82, 2.24) is 0 Å². The van der Waals surface area contributed by atoms with Crippen molar-refractivity contribution in [3.8, 4) is 5.75 Å². The lowest BCUT2D eigenvalue weighted by molar-refractivity contribution is -0.115. The zero-order valence-corrected chi connectivity index (χ0v) is 18.6. The van der Waals surface area contributed by atoms with Crippen molar-refractivity contribution >= 4 is 39.1 Å². The van der Waals surface area contributed by atoms with Gasteiger partial charge in [-0.2, -0.15) is 0 Å². The number of ether oxygens (including phenoxy) is 1. The number of methoxy groups -OCH3 is 1. The molecule has 0 aromatic heterocycles. The Bertz CT molecular complexity index is 1190. The number of amides is 1. The first-order chi connectivity index (χ1) is 15.3. The summed E-state index contributed by atoms with van der Waals surface area (Å²) in [6, 6.07) is 14.9. The van der Waals surface area contributed by atoms with E-state index in [2.05, 4.69) is 10.0 Å². The molecule has 0 unspecified atom stereocenters. The highest BCUT2D eigenvalue weighted by Gasteiger charge is 2.17. The predicted molar refractivity (Wildman–Crippen MR) is 121 cm³/mol. The van der Waals surface area contributed by atoms with Crippen LogP contribution in [0.15, 0.2) is 76.5 Å². The molecule has 0 aliphatic heterocycles. The molecule has 3 aromatic rings. The number of benzene rings is 3. The standard InChI is InChI=1S/C22H20F2N2O4S2/c1-30-21-11-6-17(25-22(27)12-13-31-18-7-2-15(23)3-8-18)14-20(21)26-32(28,29)19-9-4-16(24)5-10-19/h2-11,14,26H,12-13H2,1H3,(H,25,27). The molecule has 6 nitrogen and oxygen atoms in total. The maximum absolute atomic E-state index is 13.1. The Balaban J connectivity index is 1.65. The van der Waals surface area contributed by atoms with Gasteiger partial charge in [-0.3, -0.25) is 9.52 Å². The maximum atomic E-state index is 13.1. The van der Waals surface area contributed by atoms with Crippen molar-refractivity contribution in [2.24, 2.45) is 0 Å². The lowest BCUT2D eigenvalue weighted by Gasteiger charge is -2.14. The molecule has 0 spiro atoms. The van der Waals surface area contributed by atoms with Crippen molar-refractivity contribution in [2.75, 3.05) is 22.9 Å². The Hall–Kier alpha value is -3.11. The number of hydrogen-bond acceptors (Lipinski definition) is 5. The fraction of sp³-hybridized carbons (Fsp3) is 0.136. The summed E-state index contributed by atoms with van der Waals surface area (Å²) in [4.78, 5) is 13.0. The third kappa shape index (κ3) is 6.44. The summed E-state index contributed by atoms with van der Waals surface area (Å²) >= 11 is 1.42. The maximum Gasteiger partial charge on any atom is 0.262 e. The first-order valence-electron chi connectivity index (χ1n) is 9.41. The molecule has 0 heterocycles. The van der Waals surface area contributed by atoms with E-state index >= 15 is 0 Å². The van der Waals surface area contributed by atoms with Crippen LogP contribution in [0.3, 0.4) is 0 Å². The van der Waals surface area contributed by atoms with E-state index in [1.54, 1.807) is 18.2 Å². The number of anilines is 2. The minimum absolute atomic E-state index is 0.117. The van der Waals surface area contributed by atoms with Crippen LogP contribution in [0, 0.1) is 11.6 Å². The van der Waals surface area contributed by atoms with Crippen LogP contribution in [0.4, 0.5) is 20.2 Å². The number of hydrogen-bond donors (Lipinski definition) is 2. The van der Waals surface area contributed by atoms with Gasteiger partial charge in [-0.05, 0) is 66.7 Å². The van der Waals surface area contributed by atoms with Crippen molar-refractivity contribution in [3.63, 3.8) is 0 Å². The highest BCUT2D eigenvalue weighted by atomic mass is 32.2. The number of carbonyl (C=O) groups is 1. The Morgan fingerprint density at radius 3 is 2.22 bits per heavy atom. The van der Waals surface area contributed by atoms with Gasteiger partial charge in [0, 0.05) is 22.8 Å². The summed E-state index contributed by atoms with van der Waals surface area (Å²) in [7, 11) is -2.61. The van der Waals surface area contributed by atoms with Crippen LogP contribution in [0.5, 0.6) is 5.75 Å². The minimum atomic E-state index is -4.00. The molecule has 0 atom stereocenters. The van der Waals surface area contributed by atoms with Crippen LogP contribution in [0.2, 0.25) is 0 Å². The molecule has 10 heteroatoms. The highest BCUT2D eigenvalue weighted by molar-refractivity contribution is 7.99. The third-order valence-corrected chi connectivity index (χ3v) is 6.66. The Labute approximate surface area is 189 Å². The Morgan fingerprint density at radius 1 is 0.969 bits per heavy atom.